The van der Waals surface area contributed by atoms with Gasteiger partial charge in [-0.3, -0.25) is 0 Å². The van der Waals surface area contributed by atoms with Gasteiger partial charge in [-0.2, -0.15) is 0 Å². The Labute approximate surface area is 199 Å². The van der Waals surface area contributed by atoms with Crippen LogP contribution in [0.25, 0.3) is 0 Å². The molecule has 1 aliphatic rings. The molecule has 1 heterocycles. The molecule has 1 aromatic rings. The predicted octanol–water partition coefficient (Wildman–Crippen LogP) is 5.62. The lowest BCUT2D eigenvalue weighted by atomic mass is 9.92. The van der Waals surface area contributed by atoms with E-state index in [4.69, 9.17) is 14.2 Å². The van der Waals surface area contributed by atoms with Gasteiger partial charge in [0.15, 0.2) is 0 Å². The molecule has 7 nitrogen and oxygen atoms in total. The first-order valence-corrected chi connectivity index (χ1v) is 11.7. The van der Waals surface area contributed by atoms with Crippen LogP contribution in [-0.4, -0.2) is 64.5 Å². The molecule has 0 aromatic heterocycles. The fraction of sp³-hybridized carbons (Fsp3) is 0.692. The number of hydrogen-bond acceptors (Lipinski definition) is 5. The zero-order valence-electron chi connectivity index (χ0n) is 21.8. The molecule has 2 atom stereocenters. The van der Waals surface area contributed by atoms with Crippen molar-refractivity contribution in [2.45, 2.75) is 104 Å². The molecule has 2 amide bonds. The van der Waals surface area contributed by atoms with E-state index in [0.717, 1.165) is 5.56 Å². The maximum absolute atomic E-state index is 13.0. The minimum atomic E-state index is -0.590. The smallest absolute Gasteiger partial charge is 0.410 e. The maximum atomic E-state index is 13.0. The summed E-state index contributed by atoms with van der Waals surface area (Å²) >= 11 is 0. The third-order valence-electron chi connectivity index (χ3n) is 5.64. The van der Waals surface area contributed by atoms with E-state index in [1.165, 1.54) is 0 Å². The molecule has 7 heteroatoms. The molecule has 1 saturated heterocycles. The highest BCUT2D eigenvalue weighted by Crippen LogP contribution is 2.32. The van der Waals surface area contributed by atoms with Crippen molar-refractivity contribution in [3.63, 3.8) is 0 Å². The van der Waals surface area contributed by atoms with Crippen LogP contribution < -0.4 is 0 Å². The first-order valence-electron chi connectivity index (χ1n) is 11.7. The zero-order valence-corrected chi connectivity index (χ0v) is 21.8. The summed E-state index contributed by atoms with van der Waals surface area (Å²) in [5, 5.41) is 0. The molecule has 0 radical (unpaired) electrons. The molecular weight excluding hydrogens is 420 g/mol. The second-order valence-electron chi connectivity index (χ2n) is 11.5. The first kappa shape index (κ1) is 27.0. The SMILES string of the molecule is CN(C(=O)OC(C)(C)C)C(C)(C)C[C@@H]1C[C@@H](OCc2ccccc2)CN1C(=O)OC(C)(C)C. The number of hydrogen-bond donors (Lipinski definition) is 0. The second-order valence-corrected chi connectivity index (χ2v) is 11.5. The van der Waals surface area contributed by atoms with Crippen molar-refractivity contribution in [2.75, 3.05) is 13.6 Å². The average molecular weight is 463 g/mol. The van der Waals surface area contributed by atoms with Crippen LogP contribution >= 0.6 is 0 Å². The van der Waals surface area contributed by atoms with Gasteiger partial charge in [-0.25, -0.2) is 9.59 Å². The van der Waals surface area contributed by atoms with Crippen molar-refractivity contribution in [1.29, 1.82) is 0 Å². The lowest BCUT2D eigenvalue weighted by Crippen LogP contribution is -2.51. The average Bonchev–Trinajstić information content (AvgIpc) is 3.06. The van der Waals surface area contributed by atoms with Crippen molar-refractivity contribution in [2.24, 2.45) is 0 Å². The van der Waals surface area contributed by atoms with E-state index in [-0.39, 0.29) is 24.3 Å². The van der Waals surface area contributed by atoms with E-state index >= 15 is 0 Å². The number of nitrogens with zero attached hydrogens (tertiary/aromatic N) is 2. The highest BCUT2D eigenvalue weighted by Gasteiger charge is 2.43. The molecule has 0 unspecified atom stereocenters. The van der Waals surface area contributed by atoms with E-state index < -0.39 is 16.7 Å². The van der Waals surface area contributed by atoms with Crippen molar-refractivity contribution < 1.29 is 23.8 Å². The van der Waals surface area contributed by atoms with Crippen LogP contribution in [0.4, 0.5) is 9.59 Å². The van der Waals surface area contributed by atoms with Crippen LogP contribution in [0.2, 0.25) is 0 Å². The molecule has 1 aromatic carbocycles. The number of rotatable bonds is 6. The molecule has 0 saturated carbocycles. The van der Waals surface area contributed by atoms with Gasteiger partial charge >= 0.3 is 12.2 Å². The Bertz CT molecular complexity index is 795. The van der Waals surface area contributed by atoms with E-state index in [1.54, 1.807) is 16.8 Å². The molecule has 0 bridgehead atoms. The van der Waals surface area contributed by atoms with Gasteiger partial charge in [0.25, 0.3) is 0 Å². The van der Waals surface area contributed by atoms with E-state index in [1.807, 2.05) is 85.7 Å². The Morgan fingerprint density at radius 2 is 1.55 bits per heavy atom. The molecule has 1 fully saturated rings. The summed E-state index contributed by atoms with van der Waals surface area (Å²) in [7, 11) is 1.74. The standard InChI is InChI=1S/C26H42N2O5/c1-24(2,3)32-22(29)27(9)26(7,8)16-20-15-21(31-18-19-13-11-10-12-14-19)17-28(20)23(30)33-25(4,5)6/h10-14,20-21H,15-18H2,1-9H3/t20-,21+/m0/s1. The van der Waals surface area contributed by atoms with Crippen molar-refractivity contribution in [3.8, 4) is 0 Å². The van der Waals surface area contributed by atoms with Crippen LogP contribution in [-0.2, 0) is 20.8 Å². The number of amides is 2. The summed E-state index contributed by atoms with van der Waals surface area (Å²) in [4.78, 5) is 29.1. The minimum absolute atomic E-state index is 0.106. The van der Waals surface area contributed by atoms with Gasteiger partial charge < -0.3 is 24.0 Å². The Hall–Kier alpha value is -2.28. The number of likely N-dealkylation sites (tertiary alicyclic amines) is 1. The van der Waals surface area contributed by atoms with Gasteiger partial charge in [-0.1, -0.05) is 30.3 Å². The minimum Gasteiger partial charge on any atom is -0.444 e. The monoisotopic (exact) mass is 462 g/mol. The molecular formula is C26H42N2O5. The summed E-state index contributed by atoms with van der Waals surface area (Å²) < 4.78 is 17.4. The highest BCUT2D eigenvalue weighted by molar-refractivity contribution is 5.70. The summed E-state index contributed by atoms with van der Waals surface area (Å²) in [6.45, 7) is 16.1. The number of carbonyl (C=O) groups excluding carboxylic acids is 2. The molecule has 186 valence electrons. The van der Waals surface area contributed by atoms with Gasteiger partial charge in [-0.05, 0) is 73.8 Å². The van der Waals surface area contributed by atoms with Crippen LogP contribution in [0.5, 0.6) is 0 Å². The summed E-state index contributed by atoms with van der Waals surface area (Å²) in [5.41, 5.74) is -0.613. The van der Waals surface area contributed by atoms with E-state index in [2.05, 4.69) is 0 Å². The van der Waals surface area contributed by atoms with Gasteiger partial charge in [0.2, 0.25) is 0 Å². The van der Waals surface area contributed by atoms with Gasteiger partial charge in [-0.15, -0.1) is 0 Å². The second kappa shape index (κ2) is 10.3. The van der Waals surface area contributed by atoms with Gasteiger partial charge in [0, 0.05) is 18.6 Å². The largest absolute Gasteiger partial charge is 0.444 e. The van der Waals surface area contributed by atoms with Crippen molar-refractivity contribution in [1.82, 2.24) is 9.80 Å². The molecule has 0 N–H and O–H groups in total. The number of benzene rings is 1. The fourth-order valence-electron chi connectivity index (χ4n) is 3.81. The van der Waals surface area contributed by atoms with E-state index in [0.29, 0.717) is 26.0 Å². The van der Waals surface area contributed by atoms with Crippen molar-refractivity contribution in [3.05, 3.63) is 35.9 Å². The Morgan fingerprint density at radius 1 is 0.970 bits per heavy atom. The van der Waals surface area contributed by atoms with Crippen LogP contribution in [0.15, 0.2) is 30.3 Å². The summed E-state index contributed by atoms with van der Waals surface area (Å²) in [5.74, 6) is 0. The van der Waals surface area contributed by atoms with Crippen LogP contribution in [0.3, 0.4) is 0 Å². The lowest BCUT2D eigenvalue weighted by Gasteiger charge is -2.40. The third-order valence-corrected chi connectivity index (χ3v) is 5.64. The summed E-state index contributed by atoms with van der Waals surface area (Å²) in [6.07, 6.45) is 0.413. The van der Waals surface area contributed by atoms with Crippen LogP contribution in [0.1, 0.15) is 73.8 Å². The molecule has 1 aliphatic heterocycles. The number of carbonyl (C=O) groups is 2. The lowest BCUT2D eigenvalue weighted by molar-refractivity contribution is 0.00104. The first-order chi connectivity index (χ1) is 15.1. The fourth-order valence-corrected chi connectivity index (χ4v) is 3.81. The Balaban J connectivity index is 2.13. The Kier molecular flexibility index (Phi) is 8.44. The number of ether oxygens (including phenoxy) is 3. The molecule has 2 rings (SSSR count). The van der Waals surface area contributed by atoms with Gasteiger partial charge in [0.05, 0.1) is 19.3 Å². The topological polar surface area (TPSA) is 68.3 Å². The summed E-state index contributed by atoms with van der Waals surface area (Å²) in [6, 6.07) is 9.87. The highest BCUT2D eigenvalue weighted by atomic mass is 16.6. The maximum Gasteiger partial charge on any atom is 0.410 e. The van der Waals surface area contributed by atoms with Crippen LogP contribution in [0, 0.1) is 0 Å². The Morgan fingerprint density at radius 3 is 2.09 bits per heavy atom. The normalized spacial score (nSPS) is 19.4. The van der Waals surface area contributed by atoms with Crippen molar-refractivity contribution >= 4 is 12.2 Å². The van der Waals surface area contributed by atoms with E-state index in [9.17, 15) is 9.59 Å². The predicted molar refractivity (Wildman–Crippen MR) is 129 cm³/mol. The third kappa shape index (κ3) is 8.54. The quantitative estimate of drug-likeness (QED) is 0.549. The zero-order chi connectivity index (χ0) is 25.0. The molecule has 33 heavy (non-hydrogen) atoms. The molecule has 0 spiro atoms. The molecule has 0 aliphatic carbocycles. The van der Waals surface area contributed by atoms with Gasteiger partial charge in [0.1, 0.15) is 11.2 Å².